The number of nitrogens with zero attached hydrogens (tertiary/aromatic N) is 1. The third kappa shape index (κ3) is 2.86. The lowest BCUT2D eigenvalue weighted by atomic mass is 9.94. The molecular formula is C14H26N2O2. The molecule has 1 saturated heterocycles. The van der Waals surface area contributed by atoms with Gasteiger partial charge in [-0.25, -0.2) is 0 Å². The lowest BCUT2D eigenvalue weighted by Gasteiger charge is -2.34. The van der Waals surface area contributed by atoms with Crippen molar-refractivity contribution in [1.29, 1.82) is 0 Å². The minimum atomic E-state index is -0.879. The van der Waals surface area contributed by atoms with Crippen molar-refractivity contribution < 1.29 is 9.53 Å². The maximum absolute atomic E-state index is 11.7. The van der Waals surface area contributed by atoms with E-state index in [2.05, 4.69) is 4.90 Å². The van der Waals surface area contributed by atoms with Crippen molar-refractivity contribution in [3.05, 3.63) is 0 Å². The highest BCUT2D eigenvalue weighted by Gasteiger charge is 2.39. The average Bonchev–Trinajstić information content (AvgIpc) is 2.97. The first-order valence-corrected chi connectivity index (χ1v) is 7.16. The number of likely N-dealkylation sites (tertiary alicyclic amines) is 1. The summed E-state index contributed by atoms with van der Waals surface area (Å²) in [6.45, 7) is 3.48. The quantitative estimate of drug-likeness (QED) is 0.773. The number of esters is 1. The predicted molar refractivity (Wildman–Crippen MR) is 71.2 cm³/mol. The number of nitrogens with two attached hydrogens (primary N) is 1. The largest absolute Gasteiger partial charge is 0.468 e. The van der Waals surface area contributed by atoms with Crippen LogP contribution >= 0.6 is 0 Å². The van der Waals surface area contributed by atoms with Crippen LogP contribution in [0.3, 0.4) is 0 Å². The van der Waals surface area contributed by atoms with Crippen LogP contribution in [-0.2, 0) is 9.53 Å². The SMILES string of the molecule is COC(=O)C(C)(N)CN1CCCC1C1CCCC1. The molecule has 0 radical (unpaired) electrons. The Labute approximate surface area is 110 Å². The predicted octanol–water partition coefficient (Wildman–Crippen LogP) is 1.53. The van der Waals surface area contributed by atoms with Crippen molar-refractivity contribution >= 4 is 5.97 Å². The summed E-state index contributed by atoms with van der Waals surface area (Å²) in [7, 11) is 1.41. The smallest absolute Gasteiger partial charge is 0.326 e. The first kappa shape index (κ1) is 13.8. The Bertz CT molecular complexity index is 298. The molecule has 2 atom stereocenters. The monoisotopic (exact) mass is 254 g/mol. The Morgan fingerprint density at radius 3 is 2.61 bits per heavy atom. The molecule has 2 unspecified atom stereocenters. The summed E-state index contributed by atoms with van der Waals surface area (Å²) >= 11 is 0. The molecule has 2 rings (SSSR count). The van der Waals surface area contributed by atoms with E-state index < -0.39 is 5.54 Å². The Balaban J connectivity index is 1.97. The van der Waals surface area contributed by atoms with Gasteiger partial charge in [-0.05, 0) is 45.1 Å². The minimum Gasteiger partial charge on any atom is -0.468 e. The van der Waals surface area contributed by atoms with E-state index in [1.807, 2.05) is 0 Å². The van der Waals surface area contributed by atoms with E-state index in [0.29, 0.717) is 12.6 Å². The van der Waals surface area contributed by atoms with Crippen LogP contribution in [0.25, 0.3) is 0 Å². The van der Waals surface area contributed by atoms with Crippen LogP contribution in [0, 0.1) is 5.92 Å². The van der Waals surface area contributed by atoms with Gasteiger partial charge in [-0.3, -0.25) is 9.69 Å². The van der Waals surface area contributed by atoms with Gasteiger partial charge in [0.1, 0.15) is 5.54 Å². The summed E-state index contributed by atoms with van der Waals surface area (Å²) in [5.74, 6) is 0.514. The highest BCUT2D eigenvalue weighted by molar-refractivity contribution is 5.80. The molecule has 1 heterocycles. The lowest BCUT2D eigenvalue weighted by Crippen LogP contribution is -2.55. The summed E-state index contributed by atoms with van der Waals surface area (Å²) in [5.41, 5.74) is 5.22. The Hall–Kier alpha value is -0.610. The molecule has 18 heavy (non-hydrogen) atoms. The van der Waals surface area contributed by atoms with Crippen LogP contribution in [0.2, 0.25) is 0 Å². The van der Waals surface area contributed by atoms with E-state index in [-0.39, 0.29) is 5.97 Å². The molecule has 2 N–H and O–H groups in total. The van der Waals surface area contributed by atoms with Crippen molar-refractivity contribution in [2.45, 2.75) is 57.0 Å². The number of hydrogen-bond acceptors (Lipinski definition) is 4. The van der Waals surface area contributed by atoms with E-state index in [0.717, 1.165) is 12.5 Å². The van der Waals surface area contributed by atoms with Crippen LogP contribution in [0.4, 0.5) is 0 Å². The maximum atomic E-state index is 11.7. The lowest BCUT2D eigenvalue weighted by molar-refractivity contribution is -0.147. The molecule has 0 spiro atoms. The summed E-state index contributed by atoms with van der Waals surface area (Å²) in [6, 6.07) is 0.639. The van der Waals surface area contributed by atoms with Gasteiger partial charge in [0.05, 0.1) is 7.11 Å². The van der Waals surface area contributed by atoms with Gasteiger partial charge in [0, 0.05) is 12.6 Å². The molecule has 1 aliphatic carbocycles. The minimum absolute atomic E-state index is 0.306. The molecule has 2 fully saturated rings. The number of methoxy groups -OCH3 is 1. The first-order valence-electron chi connectivity index (χ1n) is 7.16. The Morgan fingerprint density at radius 1 is 1.33 bits per heavy atom. The van der Waals surface area contributed by atoms with Crippen molar-refractivity contribution in [1.82, 2.24) is 4.90 Å². The zero-order valence-electron chi connectivity index (χ0n) is 11.7. The van der Waals surface area contributed by atoms with Gasteiger partial charge >= 0.3 is 5.97 Å². The third-order valence-electron chi connectivity index (χ3n) is 4.54. The molecule has 104 valence electrons. The normalized spacial score (nSPS) is 29.4. The van der Waals surface area contributed by atoms with Crippen LogP contribution < -0.4 is 5.73 Å². The third-order valence-corrected chi connectivity index (χ3v) is 4.54. The maximum Gasteiger partial charge on any atom is 0.326 e. The number of rotatable bonds is 4. The molecule has 0 bridgehead atoms. The molecular weight excluding hydrogens is 228 g/mol. The van der Waals surface area contributed by atoms with E-state index in [4.69, 9.17) is 10.5 Å². The molecule has 0 aromatic rings. The number of carbonyl (C=O) groups is 1. The fraction of sp³-hybridized carbons (Fsp3) is 0.929. The van der Waals surface area contributed by atoms with Gasteiger partial charge in [0.2, 0.25) is 0 Å². The van der Waals surface area contributed by atoms with E-state index >= 15 is 0 Å². The number of hydrogen-bond donors (Lipinski definition) is 1. The van der Waals surface area contributed by atoms with E-state index in [1.54, 1.807) is 6.92 Å². The first-order chi connectivity index (χ1) is 8.54. The molecule has 0 amide bonds. The molecule has 4 nitrogen and oxygen atoms in total. The second-order valence-electron chi connectivity index (χ2n) is 6.13. The van der Waals surface area contributed by atoms with Gasteiger partial charge in [-0.1, -0.05) is 12.8 Å². The topological polar surface area (TPSA) is 55.6 Å². The van der Waals surface area contributed by atoms with Gasteiger partial charge in [0.15, 0.2) is 0 Å². The Morgan fingerprint density at radius 2 is 2.00 bits per heavy atom. The summed E-state index contributed by atoms with van der Waals surface area (Å²) in [6.07, 6.45) is 7.93. The van der Waals surface area contributed by atoms with E-state index in [1.165, 1.54) is 45.6 Å². The number of ether oxygens (including phenoxy) is 1. The van der Waals surface area contributed by atoms with Gasteiger partial charge in [-0.15, -0.1) is 0 Å². The molecule has 0 aromatic heterocycles. The van der Waals surface area contributed by atoms with Crippen LogP contribution in [0.1, 0.15) is 45.4 Å². The highest BCUT2D eigenvalue weighted by Crippen LogP contribution is 2.35. The van der Waals surface area contributed by atoms with Crippen molar-refractivity contribution in [3.63, 3.8) is 0 Å². The molecule has 0 aromatic carbocycles. The zero-order chi connectivity index (χ0) is 13.2. The zero-order valence-corrected chi connectivity index (χ0v) is 11.7. The molecule has 4 heteroatoms. The van der Waals surface area contributed by atoms with E-state index in [9.17, 15) is 4.79 Å². The fourth-order valence-corrected chi connectivity index (χ4v) is 3.64. The Kier molecular flexibility index (Phi) is 4.28. The van der Waals surface area contributed by atoms with Crippen molar-refractivity contribution in [3.8, 4) is 0 Å². The summed E-state index contributed by atoms with van der Waals surface area (Å²) in [5, 5.41) is 0. The van der Waals surface area contributed by atoms with Crippen molar-refractivity contribution in [2.75, 3.05) is 20.2 Å². The van der Waals surface area contributed by atoms with Gasteiger partial charge in [0.25, 0.3) is 0 Å². The van der Waals surface area contributed by atoms with Gasteiger partial charge in [-0.2, -0.15) is 0 Å². The van der Waals surface area contributed by atoms with Crippen LogP contribution in [-0.4, -0.2) is 42.6 Å². The molecule has 1 aliphatic heterocycles. The number of carbonyl (C=O) groups excluding carboxylic acids is 1. The second kappa shape index (κ2) is 5.57. The second-order valence-corrected chi connectivity index (χ2v) is 6.13. The highest BCUT2D eigenvalue weighted by atomic mass is 16.5. The van der Waals surface area contributed by atoms with Gasteiger partial charge < -0.3 is 10.5 Å². The standard InChI is InChI=1S/C14H26N2O2/c1-14(15,13(17)18-2)10-16-9-5-8-12(16)11-6-3-4-7-11/h11-12H,3-10,15H2,1-2H3. The van der Waals surface area contributed by atoms with Crippen LogP contribution in [0.15, 0.2) is 0 Å². The molecule has 1 saturated carbocycles. The average molecular weight is 254 g/mol. The summed E-state index contributed by atoms with van der Waals surface area (Å²) < 4.78 is 4.80. The summed E-state index contributed by atoms with van der Waals surface area (Å²) in [4.78, 5) is 14.1. The molecule has 2 aliphatic rings. The van der Waals surface area contributed by atoms with Crippen LogP contribution in [0.5, 0.6) is 0 Å². The van der Waals surface area contributed by atoms with Crippen molar-refractivity contribution in [2.24, 2.45) is 11.7 Å². The fourth-order valence-electron chi connectivity index (χ4n) is 3.64.